The molecule has 1 saturated carbocycles. The van der Waals surface area contributed by atoms with E-state index in [4.69, 9.17) is 14.2 Å². The highest BCUT2D eigenvalue weighted by atomic mass is 16.5. The van der Waals surface area contributed by atoms with Gasteiger partial charge in [-0.05, 0) is 18.9 Å². The molecule has 0 aromatic heterocycles. The van der Waals surface area contributed by atoms with E-state index in [1.807, 2.05) is 0 Å². The molecular weight excluding hydrogens is 248 g/mol. The summed E-state index contributed by atoms with van der Waals surface area (Å²) in [5, 5.41) is 9.36. The van der Waals surface area contributed by atoms with Crippen molar-refractivity contribution in [1.82, 2.24) is 0 Å². The first-order chi connectivity index (χ1) is 9.11. The first-order valence-electron chi connectivity index (χ1n) is 6.07. The van der Waals surface area contributed by atoms with Crippen molar-refractivity contribution < 1.29 is 24.1 Å². The standard InChI is InChI=1S/C14H18O5/c1-17-10-7-12(19-3)11(18-2)6-9(10)13(16)14(8-15)4-5-14/h6-7,15H,4-5,8H2,1-3H3. The molecule has 19 heavy (non-hydrogen) atoms. The Kier molecular flexibility index (Phi) is 3.66. The van der Waals surface area contributed by atoms with E-state index in [1.54, 1.807) is 12.1 Å². The van der Waals surface area contributed by atoms with Crippen molar-refractivity contribution in [3.05, 3.63) is 17.7 Å². The quantitative estimate of drug-likeness (QED) is 0.793. The lowest BCUT2D eigenvalue weighted by atomic mass is 9.94. The van der Waals surface area contributed by atoms with E-state index in [1.165, 1.54) is 21.3 Å². The van der Waals surface area contributed by atoms with Crippen LogP contribution in [0.1, 0.15) is 23.2 Å². The van der Waals surface area contributed by atoms with Crippen molar-refractivity contribution in [3.63, 3.8) is 0 Å². The van der Waals surface area contributed by atoms with Gasteiger partial charge in [-0.25, -0.2) is 0 Å². The minimum absolute atomic E-state index is 0.104. The van der Waals surface area contributed by atoms with Crippen LogP contribution in [0.2, 0.25) is 0 Å². The molecule has 1 N–H and O–H groups in total. The van der Waals surface area contributed by atoms with Crippen molar-refractivity contribution >= 4 is 5.78 Å². The zero-order valence-electron chi connectivity index (χ0n) is 11.4. The van der Waals surface area contributed by atoms with E-state index < -0.39 is 5.41 Å². The fraction of sp³-hybridized carbons (Fsp3) is 0.500. The number of carbonyl (C=O) groups excluding carboxylic acids is 1. The number of hydrogen-bond donors (Lipinski definition) is 1. The van der Waals surface area contributed by atoms with Gasteiger partial charge in [0.05, 0.1) is 38.9 Å². The van der Waals surface area contributed by atoms with Gasteiger partial charge in [0.1, 0.15) is 5.75 Å². The molecular formula is C14H18O5. The van der Waals surface area contributed by atoms with Gasteiger partial charge in [0.15, 0.2) is 17.3 Å². The average Bonchev–Trinajstić information content (AvgIpc) is 3.26. The monoisotopic (exact) mass is 266 g/mol. The minimum atomic E-state index is -0.632. The van der Waals surface area contributed by atoms with Crippen LogP contribution in [0.4, 0.5) is 0 Å². The molecule has 0 spiro atoms. The van der Waals surface area contributed by atoms with Crippen LogP contribution in [-0.2, 0) is 0 Å². The summed E-state index contributed by atoms with van der Waals surface area (Å²) in [6, 6.07) is 3.23. The van der Waals surface area contributed by atoms with Crippen molar-refractivity contribution in [1.29, 1.82) is 0 Å². The van der Waals surface area contributed by atoms with E-state index >= 15 is 0 Å². The number of ketones is 1. The molecule has 1 aliphatic rings. The number of Topliss-reactive ketones (excluding diaryl/α,β-unsaturated/α-hetero) is 1. The topological polar surface area (TPSA) is 65.0 Å². The van der Waals surface area contributed by atoms with Gasteiger partial charge in [-0.3, -0.25) is 4.79 Å². The molecule has 0 atom stereocenters. The Bertz CT molecular complexity index is 491. The normalized spacial score (nSPS) is 15.8. The van der Waals surface area contributed by atoms with Gasteiger partial charge in [-0.1, -0.05) is 0 Å². The largest absolute Gasteiger partial charge is 0.496 e. The number of methoxy groups -OCH3 is 3. The molecule has 0 radical (unpaired) electrons. The first kappa shape index (κ1) is 13.7. The zero-order valence-corrected chi connectivity index (χ0v) is 11.4. The summed E-state index contributed by atoms with van der Waals surface area (Å²) in [6.45, 7) is -0.136. The van der Waals surface area contributed by atoms with E-state index in [0.29, 0.717) is 35.7 Å². The maximum absolute atomic E-state index is 12.5. The van der Waals surface area contributed by atoms with Crippen LogP contribution in [0, 0.1) is 5.41 Å². The summed E-state index contributed by atoms with van der Waals surface area (Å²) >= 11 is 0. The fourth-order valence-corrected chi connectivity index (χ4v) is 2.10. The molecule has 0 aliphatic heterocycles. The highest BCUT2D eigenvalue weighted by Crippen LogP contribution is 2.49. The van der Waals surface area contributed by atoms with Crippen LogP contribution in [0.25, 0.3) is 0 Å². The van der Waals surface area contributed by atoms with Crippen molar-refractivity contribution in [2.75, 3.05) is 27.9 Å². The predicted octanol–water partition coefficient (Wildman–Crippen LogP) is 1.67. The van der Waals surface area contributed by atoms with Crippen molar-refractivity contribution in [2.24, 2.45) is 5.41 Å². The molecule has 0 amide bonds. The van der Waals surface area contributed by atoms with Gasteiger partial charge in [0, 0.05) is 6.07 Å². The van der Waals surface area contributed by atoms with Gasteiger partial charge >= 0.3 is 0 Å². The van der Waals surface area contributed by atoms with Gasteiger partial charge in [-0.15, -0.1) is 0 Å². The number of benzene rings is 1. The number of ether oxygens (including phenoxy) is 3. The van der Waals surface area contributed by atoms with Crippen LogP contribution >= 0.6 is 0 Å². The van der Waals surface area contributed by atoms with Crippen molar-refractivity contribution in [3.8, 4) is 17.2 Å². The molecule has 5 heteroatoms. The van der Waals surface area contributed by atoms with E-state index in [-0.39, 0.29) is 12.4 Å². The third-order valence-corrected chi connectivity index (χ3v) is 3.59. The Morgan fingerprint density at radius 2 is 1.63 bits per heavy atom. The van der Waals surface area contributed by atoms with E-state index in [2.05, 4.69) is 0 Å². The number of carbonyl (C=O) groups is 1. The molecule has 5 nitrogen and oxygen atoms in total. The SMILES string of the molecule is COc1cc(OC)c(C(=O)C2(CO)CC2)cc1OC. The molecule has 1 fully saturated rings. The molecule has 1 aliphatic carbocycles. The third-order valence-electron chi connectivity index (χ3n) is 3.59. The Labute approximate surface area is 112 Å². The Hall–Kier alpha value is -1.75. The fourth-order valence-electron chi connectivity index (χ4n) is 2.10. The lowest BCUT2D eigenvalue weighted by molar-refractivity contribution is 0.0826. The van der Waals surface area contributed by atoms with Gasteiger partial charge < -0.3 is 19.3 Å². The summed E-state index contributed by atoms with van der Waals surface area (Å²) in [4.78, 5) is 12.5. The molecule has 104 valence electrons. The molecule has 0 saturated heterocycles. The molecule has 1 aromatic rings. The molecule has 0 bridgehead atoms. The summed E-state index contributed by atoms with van der Waals surface area (Å²) in [5.74, 6) is 1.31. The smallest absolute Gasteiger partial charge is 0.175 e. The van der Waals surface area contributed by atoms with Crippen molar-refractivity contribution in [2.45, 2.75) is 12.8 Å². The highest BCUT2D eigenvalue weighted by molar-refractivity contribution is 6.05. The number of rotatable bonds is 6. The lowest BCUT2D eigenvalue weighted by Crippen LogP contribution is -2.20. The van der Waals surface area contributed by atoms with E-state index in [0.717, 1.165) is 0 Å². The van der Waals surface area contributed by atoms with Gasteiger partial charge in [0.2, 0.25) is 0 Å². The highest BCUT2D eigenvalue weighted by Gasteiger charge is 2.50. The second-order valence-electron chi connectivity index (χ2n) is 4.68. The number of aliphatic hydroxyl groups excluding tert-OH is 1. The molecule has 0 unspecified atom stereocenters. The Balaban J connectivity index is 2.47. The molecule has 1 aromatic carbocycles. The predicted molar refractivity (Wildman–Crippen MR) is 69.2 cm³/mol. The zero-order chi connectivity index (χ0) is 14.0. The maximum atomic E-state index is 12.5. The maximum Gasteiger partial charge on any atom is 0.175 e. The Morgan fingerprint density at radius 3 is 2.05 bits per heavy atom. The minimum Gasteiger partial charge on any atom is -0.496 e. The number of hydrogen-bond acceptors (Lipinski definition) is 5. The van der Waals surface area contributed by atoms with Crippen LogP contribution in [-0.4, -0.2) is 38.8 Å². The summed E-state index contributed by atoms with van der Waals surface area (Å²) < 4.78 is 15.6. The third kappa shape index (κ3) is 2.26. The van der Waals surface area contributed by atoms with Crippen LogP contribution in [0.3, 0.4) is 0 Å². The first-order valence-corrected chi connectivity index (χ1v) is 6.07. The summed E-state index contributed by atoms with van der Waals surface area (Å²) in [6.07, 6.45) is 1.42. The van der Waals surface area contributed by atoms with E-state index in [9.17, 15) is 9.90 Å². The molecule has 2 rings (SSSR count). The van der Waals surface area contributed by atoms with Crippen LogP contribution in [0.5, 0.6) is 17.2 Å². The van der Waals surface area contributed by atoms with Crippen LogP contribution in [0.15, 0.2) is 12.1 Å². The van der Waals surface area contributed by atoms with Gasteiger partial charge in [-0.2, -0.15) is 0 Å². The lowest BCUT2D eigenvalue weighted by Gasteiger charge is -2.16. The second kappa shape index (κ2) is 5.09. The summed E-state index contributed by atoms with van der Waals surface area (Å²) in [7, 11) is 4.53. The van der Waals surface area contributed by atoms with Gasteiger partial charge in [0.25, 0.3) is 0 Å². The second-order valence-corrected chi connectivity index (χ2v) is 4.68. The van der Waals surface area contributed by atoms with Crippen LogP contribution < -0.4 is 14.2 Å². The summed E-state index contributed by atoms with van der Waals surface area (Å²) in [5.41, 5.74) is -0.209. The average molecular weight is 266 g/mol. The molecule has 0 heterocycles. The number of aliphatic hydroxyl groups is 1. The Morgan fingerprint density at radius 1 is 1.11 bits per heavy atom.